The summed E-state index contributed by atoms with van der Waals surface area (Å²) >= 11 is 0. The number of nitrogens with two attached hydrogens (primary N) is 1. The van der Waals surface area contributed by atoms with Crippen LogP contribution in [0.15, 0.2) is 18.3 Å². The van der Waals surface area contributed by atoms with E-state index in [9.17, 15) is 0 Å². The number of aryl methyl sites for hydroxylation is 1. The Labute approximate surface area is 86.0 Å². The lowest BCUT2D eigenvalue weighted by Gasteiger charge is -1.99. The molecule has 0 saturated carbocycles. The molecule has 6 nitrogen and oxygen atoms in total. The third kappa shape index (κ3) is 1.40. The summed E-state index contributed by atoms with van der Waals surface area (Å²) < 4.78 is 1.40. The molecule has 15 heavy (non-hydrogen) atoms. The molecule has 0 aliphatic carbocycles. The summed E-state index contributed by atoms with van der Waals surface area (Å²) in [6.45, 7) is 1.72. The molecule has 0 unspecified atom stereocenters. The molecule has 6 heteroatoms. The number of anilines is 1. The van der Waals surface area contributed by atoms with Gasteiger partial charge in [-0.2, -0.15) is 20.1 Å². The molecule has 2 rings (SSSR count). The van der Waals surface area contributed by atoms with Crippen LogP contribution in [0.4, 0.5) is 5.82 Å². The monoisotopic (exact) mass is 200 g/mol. The summed E-state index contributed by atoms with van der Waals surface area (Å²) in [6, 6.07) is 5.44. The summed E-state index contributed by atoms with van der Waals surface area (Å²) in [6.07, 6.45) is 1.56. The minimum atomic E-state index is 0.288. The van der Waals surface area contributed by atoms with Crippen LogP contribution < -0.4 is 5.73 Å². The molecule has 2 aromatic heterocycles. The van der Waals surface area contributed by atoms with Gasteiger partial charge in [0.2, 0.25) is 0 Å². The van der Waals surface area contributed by atoms with E-state index in [0.717, 1.165) is 0 Å². The largest absolute Gasteiger partial charge is 0.382 e. The molecule has 0 aromatic carbocycles. The normalized spacial score (nSPS) is 9.87. The zero-order chi connectivity index (χ0) is 10.8. The van der Waals surface area contributed by atoms with E-state index < -0.39 is 0 Å². The first-order valence-corrected chi connectivity index (χ1v) is 4.27. The smallest absolute Gasteiger partial charge is 0.178 e. The number of rotatable bonds is 1. The lowest BCUT2D eigenvalue weighted by Crippen LogP contribution is -2.05. The second kappa shape index (κ2) is 3.38. The van der Waals surface area contributed by atoms with Crippen LogP contribution >= 0.6 is 0 Å². The predicted molar refractivity (Wildman–Crippen MR) is 53.0 cm³/mol. The van der Waals surface area contributed by atoms with Gasteiger partial charge in [0.1, 0.15) is 17.5 Å². The molecule has 0 fully saturated rings. The quantitative estimate of drug-likeness (QED) is 0.720. The van der Waals surface area contributed by atoms with E-state index in [1.165, 1.54) is 4.68 Å². The summed E-state index contributed by atoms with van der Waals surface area (Å²) in [5, 5.41) is 20.5. The van der Waals surface area contributed by atoms with E-state index in [2.05, 4.69) is 15.3 Å². The van der Waals surface area contributed by atoms with Gasteiger partial charge in [0.25, 0.3) is 0 Å². The molecule has 0 bridgehead atoms. The Morgan fingerprint density at radius 2 is 2.33 bits per heavy atom. The maximum atomic E-state index is 8.84. The standard InChI is InChI=1S/C9H8N6/c1-6-7(5-10)9(11)15(14-6)8-3-2-4-12-13-8/h2-4H,11H2,1H3. The van der Waals surface area contributed by atoms with Crippen molar-refractivity contribution in [2.75, 3.05) is 5.73 Å². The van der Waals surface area contributed by atoms with Gasteiger partial charge in [-0.15, -0.1) is 5.10 Å². The number of hydrogen-bond acceptors (Lipinski definition) is 5. The van der Waals surface area contributed by atoms with E-state index in [1.54, 1.807) is 25.3 Å². The van der Waals surface area contributed by atoms with Crippen molar-refractivity contribution in [3.05, 3.63) is 29.6 Å². The van der Waals surface area contributed by atoms with Crippen molar-refractivity contribution in [3.63, 3.8) is 0 Å². The molecule has 0 atom stereocenters. The Balaban J connectivity index is 2.62. The number of aromatic nitrogens is 4. The van der Waals surface area contributed by atoms with Crippen LogP contribution in [0.3, 0.4) is 0 Å². The summed E-state index contributed by atoms with van der Waals surface area (Å²) in [4.78, 5) is 0. The number of hydrogen-bond donors (Lipinski definition) is 1. The fraction of sp³-hybridized carbons (Fsp3) is 0.111. The van der Waals surface area contributed by atoms with Gasteiger partial charge < -0.3 is 5.73 Å². The summed E-state index contributed by atoms with van der Waals surface area (Å²) in [5.41, 5.74) is 6.72. The molecule has 0 aliphatic heterocycles. The number of nitrogens with zero attached hydrogens (tertiary/aromatic N) is 5. The first kappa shape index (κ1) is 9.15. The van der Waals surface area contributed by atoms with Gasteiger partial charge in [0, 0.05) is 6.20 Å². The van der Waals surface area contributed by atoms with Gasteiger partial charge in [-0.1, -0.05) is 0 Å². The molecule has 0 aliphatic rings. The van der Waals surface area contributed by atoms with E-state index in [0.29, 0.717) is 17.1 Å². The van der Waals surface area contributed by atoms with Crippen molar-refractivity contribution in [2.24, 2.45) is 0 Å². The second-order valence-corrected chi connectivity index (χ2v) is 2.95. The molecule has 0 spiro atoms. The van der Waals surface area contributed by atoms with Crippen LogP contribution in [-0.4, -0.2) is 20.0 Å². The average molecular weight is 200 g/mol. The molecule has 2 N–H and O–H groups in total. The highest BCUT2D eigenvalue weighted by Gasteiger charge is 2.13. The third-order valence-electron chi connectivity index (χ3n) is 1.98. The fourth-order valence-corrected chi connectivity index (χ4v) is 1.26. The molecular weight excluding hydrogens is 192 g/mol. The summed E-state index contributed by atoms with van der Waals surface area (Å²) in [7, 11) is 0. The van der Waals surface area contributed by atoms with E-state index in [-0.39, 0.29) is 5.82 Å². The van der Waals surface area contributed by atoms with Crippen molar-refractivity contribution in [1.82, 2.24) is 20.0 Å². The van der Waals surface area contributed by atoms with Crippen molar-refractivity contribution in [3.8, 4) is 11.9 Å². The Morgan fingerprint density at radius 1 is 1.53 bits per heavy atom. The van der Waals surface area contributed by atoms with Crippen LogP contribution in [-0.2, 0) is 0 Å². The highest BCUT2D eigenvalue weighted by atomic mass is 15.4. The zero-order valence-corrected chi connectivity index (χ0v) is 8.05. The van der Waals surface area contributed by atoms with Crippen LogP contribution in [0.1, 0.15) is 11.3 Å². The minimum Gasteiger partial charge on any atom is -0.382 e. The van der Waals surface area contributed by atoms with E-state index >= 15 is 0 Å². The Kier molecular flexibility index (Phi) is 2.06. The molecule has 74 valence electrons. The lowest BCUT2D eigenvalue weighted by molar-refractivity contribution is 0.811. The third-order valence-corrected chi connectivity index (χ3v) is 1.98. The Hall–Kier alpha value is -2.42. The van der Waals surface area contributed by atoms with E-state index in [1.807, 2.05) is 6.07 Å². The van der Waals surface area contributed by atoms with Gasteiger partial charge in [0.15, 0.2) is 5.82 Å². The van der Waals surface area contributed by atoms with Crippen LogP contribution in [0.5, 0.6) is 0 Å². The van der Waals surface area contributed by atoms with Gasteiger partial charge in [-0.05, 0) is 19.1 Å². The first-order valence-electron chi connectivity index (χ1n) is 4.27. The van der Waals surface area contributed by atoms with Gasteiger partial charge >= 0.3 is 0 Å². The van der Waals surface area contributed by atoms with Crippen molar-refractivity contribution in [2.45, 2.75) is 6.92 Å². The highest BCUT2D eigenvalue weighted by molar-refractivity contribution is 5.54. The first-order chi connectivity index (χ1) is 7.24. The molecule has 0 amide bonds. The van der Waals surface area contributed by atoms with Gasteiger partial charge in [-0.3, -0.25) is 0 Å². The SMILES string of the molecule is Cc1nn(-c2cccnn2)c(N)c1C#N. The van der Waals surface area contributed by atoms with E-state index in [4.69, 9.17) is 11.0 Å². The topological polar surface area (TPSA) is 93.4 Å². The van der Waals surface area contributed by atoms with Crippen LogP contribution in [0, 0.1) is 18.3 Å². The zero-order valence-electron chi connectivity index (χ0n) is 8.05. The lowest BCUT2D eigenvalue weighted by atomic mass is 10.3. The van der Waals surface area contributed by atoms with Gasteiger partial charge in [0.05, 0.1) is 5.69 Å². The van der Waals surface area contributed by atoms with Crippen molar-refractivity contribution < 1.29 is 0 Å². The molecular formula is C9H8N6. The van der Waals surface area contributed by atoms with Crippen molar-refractivity contribution in [1.29, 1.82) is 5.26 Å². The fourth-order valence-electron chi connectivity index (χ4n) is 1.26. The second-order valence-electron chi connectivity index (χ2n) is 2.95. The van der Waals surface area contributed by atoms with Crippen LogP contribution in [0.2, 0.25) is 0 Å². The molecule has 0 saturated heterocycles. The molecule has 0 radical (unpaired) electrons. The molecule has 2 aromatic rings. The molecule has 2 heterocycles. The maximum Gasteiger partial charge on any atom is 0.178 e. The number of nitriles is 1. The predicted octanol–water partition coefficient (Wildman–Crippen LogP) is 0.425. The average Bonchev–Trinajstić information content (AvgIpc) is 2.55. The maximum absolute atomic E-state index is 8.84. The highest BCUT2D eigenvalue weighted by Crippen LogP contribution is 2.17. The minimum absolute atomic E-state index is 0.288. The van der Waals surface area contributed by atoms with Gasteiger partial charge in [-0.25, -0.2) is 0 Å². The Bertz CT molecular complexity index is 522. The van der Waals surface area contributed by atoms with Crippen molar-refractivity contribution >= 4 is 5.82 Å². The Morgan fingerprint density at radius 3 is 2.87 bits per heavy atom. The summed E-state index contributed by atoms with van der Waals surface area (Å²) in [5.74, 6) is 0.787. The van der Waals surface area contributed by atoms with Crippen LogP contribution in [0.25, 0.3) is 5.82 Å². The number of nitrogen functional groups attached to an aromatic ring is 1.